The normalized spacial score (nSPS) is 24.2. The second-order valence-corrected chi connectivity index (χ2v) is 4.86. The summed E-state index contributed by atoms with van der Waals surface area (Å²) in [5, 5.41) is 0. The maximum atomic E-state index is 6.32. The van der Waals surface area contributed by atoms with Crippen molar-refractivity contribution in [1.29, 1.82) is 0 Å². The number of nitrogens with two attached hydrogens (primary N) is 2. The molecule has 2 rings (SSSR count). The highest BCUT2D eigenvalue weighted by atomic mass is 15.1. The van der Waals surface area contributed by atoms with Gasteiger partial charge in [-0.05, 0) is 50.0 Å². The van der Waals surface area contributed by atoms with Gasteiger partial charge in [0, 0.05) is 18.3 Å². The van der Waals surface area contributed by atoms with E-state index in [-0.39, 0.29) is 6.04 Å². The molecule has 88 valence electrons. The monoisotopic (exact) mass is 219 g/mol. The fraction of sp³-hybridized carbons (Fsp3) is 0.538. The van der Waals surface area contributed by atoms with E-state index in [0.717, 1.165) is 12.2 Å². The fourth-order valence-electron chi connectivity index (χ4n) is 2.54. The molecule has 1 aromatic carbocycles. The van der Waals surface area contributed by atoms with Gasteiger partial charge < -0.3 is 16.4 Å². The lowest BCUT2D eigenvalue weighted by atomic mass is 9.87. The highest BCUT2D eigenvalue weighted by Crippen LogP contribution is 2.28. The number of anilines is 1. The van der Waals surface area contributed by atoms with Crippen molar-refractivity contribution in [2.24, 2.45) is 11.7 Å². The first-order valence-electron chi connectivity index (χ1n) is 5.96. The van der Waals surface area contributed by atoms with Crippen LogP contribution in [0.1, 0.15) is 24.4 Å². The summed E-state index contributed by atoms with van der Waals surface area (Å²) in [5.74, 6) is 0.556. The summed E-state index contributed by atoms with van der Waals surface area (Å²) in [4.78, 5) is 2.36. The molecule has 1 heterocycles. The van der Waals surface area contributed by atoms with Crippen LogP contribution in [0.15, 0.2) is 24.3 Å². The van der Waals surface area contributed by atoms with E-state index in [0.29, 0.717) is 5.92 Å². The predicted molar refractivity (Wildman–Crippen MR) is 68.0 cm³/mol. The Morgan fingerprint density at radius 1 is 1.44 bits per heavy atom. The minimum Gasteiger partial charge on any atom is -0.399 e. The summed E-state index contributed by atoms with van der Waals surface area (Å²) in [5.41, 5.74) is 14.1. The third-order valence-corrected chi connectivity index (χ3v) is 3.46. The maximum Gasteiger partial charge on any atom is 0.0336 e. The Morgan fingerprint density at radius 2 is 2.25 bits per heavy atom. The highest BCUT2D eigenvalue weighted by molar-refractivity contribution is 5.41. The largest absolute Gasteiger partial charge is 0.399 e. The van der Waals surface area contributed by atoms with Crippen molar-refractivity contribution in [1.82, 2.24) is 4.90 Å². The van der Waals surface area contributed by atoms with Crippen LogP contribution in [0.3, 0.4) is 0 Å². The SMILES string of the molecule is CN1CCCC(C(N)c2cccc(N)c2)C1. The lowest BCUT2D eigenvalue weighted by Crippen LogP contribution is -2.37. The first-order chi connectivity index (χ1) is 7.66. The molecule has 2 atom stereocenters. The summed E-state index contributed by atoms with van der Waals surface area (Å²) in [6, 6.07) is 8.08. The van der Waals surface area contributed by atoms with Crippen molar-refractivity contribution in [3.63, 3.8) is 0 Å². The molecule has 1 fully saturated rings. The standard InChI is InChI=1S/C13H21N3/c1-16-7-3-5-11(9-16)13(15)10-4-2-6-12(14)8-10/h2,4,6,8,11,13H,3,5,7,9,14-15H2,1H3. The summed E-state index contributed by atoms with van der Waals surface area (Å²) in [6.45, 7) is 2.29. The Hall–Kier alpha value is -1.06. The lowest BCUT2D eigenvalue weighted by molar-refractivity contribution is 0.188. The molecule has 16 heavy (non-hydrogen) atoms. The Balaban J connectivity index is 2.09. The number of piperidine rings is 1. The maximum absolute atomic E-state index is 6.32. The number of hydrogen-bond acceptors (Lipinski definition) is 3. The molecule has 0 aliphatic carbocycles. The number of nitrogens with zero attached hydrogens (tertiary/aromatic N) is 1. The topological polar surface area (TPSA) is 55.3 Å². The van der Waals surface area contributed by atoms with Crippen LogP contribution in [0.25, 0.3) is 0 Å². The van der Waals surface area contributed by atoms with Crippen molar-refractivity contribution >= 4 is 5.69 Å². The number of benzene rings is 1. The number of rotatable bonds is 2. The molecule has 0 bridgehead atoms. The number of hydrogen-bond donors (Lipinski definition) is 2. The molecule has 0 aromatic heterocycles. The fourth-order valence-corrected chi connectivity index (χ4v) is 2.54. The van der Waals surface area contributed by atoms with Crippen LogP contribution in [-0.2, 0) is 0 Å². The number of likely N-dealkylation sites (tertiary alicyclic amines) is 1. The molecule has 0 radical (unpaired) electrons. The Bertz CT molecular complexity index is 351. The highest BCUT2D eigenvalue weighted by Gasteiger charge is 2.24. The van der Waals surface area contributed by atoms with Gasteiger partial charge in [0.2, 0.25) is 0 Å². The van der Waals surface area contributed by atoms with Gasteiger partial charge >= 0.3 is 0 Å². The molecule has 1 aliphatic rings. The van der Waals surface area contributed by atoms with Crippen molar-refractivity contribution in [2.45, 2.75) is 18.9 Å². The molecule has 4 N–H and O–H groups in total. The molecule has 1 aliphatic heterocycles. The van der Waals surface area contributed by atoms with Crippen LogP contribution >= 0.6 is 0 Å². The van der Waals surface area contributed by atoms with E-state index >= 15 is 0 Å². The quantitative estimate of drug-likeness (QED) is 0.743. The van der Waals surface area contributed by atoms with Gasteiger partial charge in [0.05, 0.1) is 0 Å². The Kier molecular flexibility index (Phi) is 3.46. The predicted octanol–water partition coefficient (Wildman–Crippen LogP) is 1.61. The van der Waals surface area contributed by atoms with Gasteiger partial charge in [-0.2, -0.15) is 0 Å². The van der Waals surface area contributed by atoms with Crippen LogP contribution in [0.5, 0.6) is 0 Å². The minimum absolute atomic E-state index is 0.117. The van der Waals surface area contributed by atoms with E-state index in [4.69, 9.17) is 11.5 Å². The van der Waals surface area contributed by atoms with Crippen LogP contribution < -0.4 is 11.5 Å². The van der Waals surface area contributed by atoms with Crippen molar-refractivity contribution in [2.75, 3.05) is 25.9 Å². The molecule has 2 unspecified atom stereocenters. The second kappa shape index (κ2) is 4.85. The van der Waals surface area contributed by atoms with E-state index in [1.165, 1.54) is 24.9 Å². The van der Waals surface area contributed by atoms with E-state index in [9.17, 15) is 0 Å². The summed E-state index contributed by atoms with van der Waals surface area (Å²) in [6.07, 6.45) is 2.47. The van der Waals surface area contributed by atoms with Gasteiger partial charge in [-0.25, -0.2) is 0 Å². The zero-order chi connectivity index (χ0) is 11.5. The summed E-state index contributed by atoms with van der Waals surface area (Å²) < 4.78 is 0. The zero-order valence-corrected chi connectivity index (χ0v) is 9.89. The molecule has 0 spiro atoms. The van der Waals surface area contributed by atoms with Gasteiger partial charge in [0.25, 0.3) is 0 Å². The van der Waals surface area contributed by atoms with Crippen LogP contribution in [-0.4, -0.2) is 25.0 Å². The van der Waals surface area contributed by atoms with Gasteiger partial charge in [-0.1, -0.05) is 12.1 Å². The molecule has 1 aromatic rings. The smallest absolute Gasteiger partial charge is 0.0336 e. The molecular formula is C13H21N3. The van der Waals surface area contributed by atoms with E-state index in [2.05, 4.69) is 18.0 Å². The average molecular weight is 219 g/mol. The van der Waals surface area contributed by atoms with Crippen molar-refractivity contribution in [3.05, 3.63) is 29.8 Å². The van der Waals surface area contributed by atoms with Crippen LogP contribution in [0, 0.1) is 5.92 Å². The van der Waals surface area contributed by atoms with Crippen molar-refractivity contribution < 1.29 is 0 Å². The molecular weight excluding hydrogens is 198 g/mol. The average Bonchev–Trinajstić information content (AvgIpc) is 2.28. The second-order valence-electron chi connectivity index (χ2n) is 4.86. The van der Waals surface area contributed by atoms with Crippen LogP contribution in [0.4, 0.5) is 5.69 Å². The first kappa shape index (κ1) is 11.4. The van der Waals surface area contributed by atoms with Gasteiger partial charge in [-0.15, -0.1) is 0 Å². The Morgan fingerprint density at radius 3 is 2.94 bits per heavy atom. The zero-order valence-electron chi connectivity index (χ0n) is 9.89. The third-order valence-electron chi connectivity index (χ3n) is 3.46. The molecule has 0 amide bonds. The summed E-state index contributed by atoms with van der Waals surface area (Å²) >= 11 is 0. The summed E-state index contributed by atoms with van der Waals surface area (Å²) in [7, 11) is 2.16. The number of nitrogen functional groups attached to an aromatic ring is 1. The van der Waals surface area contributed by atoms with Crippen LogP contribution in [0.2, 0.25) is 0 Å². The van der Waals surface area contributed by atoms with Gasteiger partial charge in [0.15, 0.2) is 0 Å². The molecule has 3 heteroatoms. The molecule has 0 saturated carbocycles. The van der Waals surface area contributed by atoms with E-state index < -0.39 is 0 Å². The molecule has 1 saturated heterocycles. The van der Waals surface area contributed by atoms with Gasteiger partial charge in [0.1, 0.15) is 0 Å². The van der Waals surface area contributed by atoms with E-state index in [1.54, 1.807) is 0 Å². The first-order valence-corrected chi connectivity index (χ1v) is 5.96. The lowest BCUT2D eigenvalue weighted by Gasteiger charge is -2.33. The van der Waals surface area contributed by atoms with Gasteiger partial charge in [-0.3, -0.25) is 0 Å². The van der Waals surface area contributed by atoms with Crippen molar-refractivity contribution in [3.8, 4) is 0 Å². The molecule has 3 nitrogen and oxygen atoms in total. The Labute approximate surface area is 97.4 Å². The third kappa shape index (κ3) is 2.54. The minimum atomic E-state index is 0.117. The van der Waals surface area contributed by atoms with E-state index in [1.807, 2.05) is 18.2 Å².